The first-order valence-corrected chi connectivity index (χ1v) is 8.84. The van der Waals surface area contributed by atoms with Crippen LogP contribution in [-0.2, 0) is 12.2 Å². The van der Waals surface area contributed by atoms with Crippen LogP contribution in [-0.4, -0.2) is 15.7 Å². The average Bonchev–Trinajstić information content (AvgIpc) is 3.05. The highest BCUT2D eigenvalue weighted by molar-refractivity contribution is 7.98. The van der Waals surface area contributed by atoms with Gasteiger partial charge in [-0.15, -0.1) is 22.7 Å². The summed E-state index contributed by atoms with van der Waals surface area (Å²) in [6, 6.07) is 3.96. The minimum Gasteiger partial charge on any atom is -0.305 e. The van der Waals surface area contributed by atoms with Gasteiger partial charge in [0, 0.05) is 10.6 Å². The summed E-state index contributed by atoms with van der Waals surface area (Å²) in [4.78, 5) is 23.1. The van der Waals surface area contributed by atoms with E-state index >= 15 is 0 Å². The van der Waals surface area contributed by atoms with Crippen LogP contribution < -0.4 is 5.56 Å². The van der Waals surface area contributed by atoms with E-state index in [4.69, 9.17) is 0 Å². The molecule has 3 nitrogen and oxygen atoms in total. The van der Waals surface area contributed by atoms with Gasteiger partial charge in [-0.1, -0.05) is 6.07 Å². The molecule has 3 aromatic heterocycles. The Kier molecular flexibility index (Phi) is 2.75. The minimum atomic E-state index is 0.0119. The summed E-state index contributed by atoms with van der Waals surface area (Å²) in [5.41, 5.74) is 1.24. The number of H-pyrrole nitrogens is 1. The highest BCUT2D eigenvalue weighted by atomic mass is 32.2. The molecule has 19 heavy (non-hydrogen) atoms. The summed E-state index contributed by atoms with van der Waals surface area (Å²) in [5, 5.41) is 2.82. The average molecular weight is 306 g/mol. The zero-order chi connectivity index (χ0) is 12.8. The fourth-order valence-corrected chi connectivity index (χ4v) is 5.38. The Hall–Kier alpha value is -1.11. The fraction of sp³-hybridized carbons (Fsp3) is 0.231. The Labute approximate surface area is 121 Å². The highest BCUT2D eigenvalue weighted by Crippen LogP contribution is 2.36. The number of fused-ring (bicyclic) bond motifs is 3. The molecule has 1 aliphatic heterocycles. The van der Waals surface area contributed by atoms with E-state index < -0.39 is 0 Å². The minimum absolute atomic E-state index is 0.0119. The second kappa shape index (κ2) is 4.47. The van der Waals surface area contributed by atoms with Crippen molar-refractivity contribution in [2.24, 2.45) is 0 Å². The van der Waals surface area contributed by atoms with Crippen molar-refractivity contribution in [3.63, 3.8) is 0 Å². The number of rotatable bonds is 1. The number of aromatic nitrogens is 2. The predicted octanol–water partition coefficient (Wildman–Crippen LogP) is 3.50. The zero-order valence-corrected chi connectivity index (χ0v) is 12.4. The number of thioether (sulfide) groups is 1. The third-order valence-electron chi connectivity index (χ3n) is 3.23. The molecule has 0 aromatic carbocycles. The van der Waals surface area contributed by atoms with Gasteiger partial charge in [-0.2, -0.15) is 11.8 Å². The molecule has 0 spiro atoms. The number of hydrogen-bond acceptors (Lipinski definition) is 5. The van der Waals surface area contributed by atoms with Gasteiger partial charge in [-0.05, 0) is 29.2 Å². The number of aromatic amines is 1. The lowest BCUT2D eigenvalue weighted by Gasteiger charge is -2.09. The Balaban J connectivity index is 2.00. The summed E-state index contributed by atoms with van der Waals surface area (Å²) < 4.78 is 0. The molecular formula is C13H10N2OS3. The SMILES string of the molecule is O=c1[nH]c(-c2cccs2)nc2sc3c(c12)CCSC3. The van der Waals surface area contributed by atoms with E-state index in [1.165, 1.54) is 10.4 Å². The summed E-state index contributed by atoms with van der Waals surface area (Å²) in [6.07, 6.45) is 0.989. The summed E-state index contributed by atoms with van der Waals surface area (Å²) in [5.74, 6) is 2.81. The van der Waals surface area contributed by atoms with Crippen LogP contribution in [0.4, 0.5) is 0 Å². The monoisotopic (exact) mass is 306 g/mol. The van der Waals surface area contributed by atoms with E-state index in [-0.39, 0.29) is 5.56 Å². The number of nitrogens with zero attached hydrogens (tertiary/aromatic N) is 1. The van der Waals surface area contributed by atoms with E-state index in [1.807, 2.05) is 29.3 Å². The fourth-order valence-electron chi connectivity index (χ4n) is 2.36. The van der Waals surface area contributed by atoms with Crippen molar-refractivity contribution in [2.75, 3.05) is 5.75 Å². The van der Waals surface area contributed by atoms with Crippen molar-refractivity contribution in [2.45, 2.75) is 12.2 Å². The Morgan fingerprint density at radius 1 is 1.37 bits per heavy atom. The summed E-state index contributed by atoms with van der Waals surface area (Å²) in [7, 11) is 0. The summed E-state index contributed by atoms with van der Waals surface area (Å²) in [6.45, 7) is 0. The zero-order valence-electron chi connectivity index (χ0n) is 9.93. The lowest BCUT2D eigenvalue weighted by atomic mass is 10.1. The molecule has 0 atom stereocenters. The van der Waals surface area contributed by atoms with Crippen molar-refractivity contribution < 1.29 is 0 Å². The maximum absolute atomic E-state index is 12.3. The molecule has 0 fully saturated rings. The van der Waals surface area contributed by atoms with E-state index in [0.29, 0.717) is 5.82 Å². The van der Waals surface area contributed by atoms with Crippen LogP contribution in [0.5, 0.6) is 0 Å². The lowest BCUT2D eigenvalue weighted by molar-refractivity contribution is 1.11. The van der Waals surface area contributed by atoms with Gasteiger partial charge in [0.25, 0.3) is 5.56 Å². The molecule has 0 radical (unpaired) electrons. The molecule has 0 amide bonds. The molecule has 0 saturated carbocycles. The van der Waals surface area contributed by atoms with Gasteiger partial charge in [-0.3, -0.25) is 4.79 Å². The van der Waals surface area contributed by atoms with Crippen molar-refractivity contribution in [3.05, 3.63) is 38.3 Å². The third-order valence-corrected chi connectivity index (χ3v) is 6.40. The van der Waals surface area contributed by atoms with Crippen LogP contribution in [0.1, 0.15) is 10.4 Å². The van der Waals surface area contributed by atoms with Gasteiger partial charge in [0.2, 0.25) is 0 Å². The van der Waals surface area contributed by atoms with E-state index in [0.717, 1.165) is 33.0 Å². The van der Waals surface area contributed by atoms with E-state index in [1.54, 1.807) is 22.7 Å². The highest BCUT2D eigenvalue weighted by Gasteiger charge is 2.20. The van der Waals surface area contributed by atoms with Crippen LogP contribution in [0.3, 0.4) is 0 Å². The molecule has 0 unspecified atom stereocenters. The number of hydrogen-bond donors (Lipinski definition) is 1. The van der Waals surface area contributed by atoms with Crippen molar-refractivity contribution in [1.29, 1.82) is 0 Å². The lowest BCUT2D eigenvalue weighted by Crippen LogP contribution is -2.11. The number of aryl methyl sites for hydroxylation is 1. The molecule has 0 bridgehead atoms. The molecule has 1 aliphatic rings. The topological polar surface area (TPSA) is 45.8 Å². The molecule has 1 N–H and O–H groups in total. The van der Waals surface area contributed by atoms with Crippen LogP contribution in [0.2, 0.25) is 0 Å². The Morgan fingerprint density at radius 2 is 2.32 bits per heavy atom. The molecule has 96 valence electrons. The quantitative estimate of drug-likeness (QED) is 0.748. The molecule has 4 heterocycles. The number of thiophene rings is 2. The molecule has 0 aliphatic carbocycles. The molecular weight excluding hydrogens is 296 g/mol. The van der Waals surface area contributed by atoms with Crippen LogP contribution >= 0.6 is 34.4 Å². The molecule has 4 rings (SSSR count). The van der Waals surface area contributed by atoms with E-state index in [2.05, 4.69) is 9.97 Å². The maximum atomic E-state index is 12.3. The normalized spacial score (nSPS) is 14.7. The smallest absolute Gasteiger partial charge is 0.260 e. The molecule has 3 aromatic rings. The van der Waals surface area contributed by atoms with Gasteiger partial charge < -0.3 is 4.98 Å². The first-order valence-electron chi connectivity index (χ1n) is 5.99. The Bertz CT molecular complexity index is 801. The first kappa shape index (κ1) is 11.7. The molecule has 6 heteroatoms. The van der Waals surface area contributed by atoms with E-state index in [9.17, 15) is 4.79 Å². The number of nitrogens with one attached hydrogen (secondary N) is 1. The third kappa shape index (κ3) is 1.86. The van der Waals surface area contributed by atoms with Crippen LogP contribution in [0, 0.1) is 0 Å². The van der Waals surface area contributed by atoms with Crippen LogP contribution in [0.15, 0.2) is 22.3 Å². The predicted molar refractivity (Wildman–Crippen MR) is 83.4 cm³/mol. The van der Waals surface area contributed by atoms with Crippen molar-refractivity contribution in [3.8, 4) is 10.7 Å². The van der Waals surface area contributed by atoms with Gasteiger partial charge >= 0.3 is 0 Å². The second-order valence-corrected chi connectivity index (χ2v) is 7.51. The van der Waals surface area contributed by atoms with Crippen molar-refractivity contribution in [1.82, 2.24) is 9.97 Å². The maximum Gasteiger partial charge on any atom is 0.260 e. The standard InChI is InChI=1S/C13H10N2OS3/c16-12-10-7-3-5-17-6-9(7)19-13(10)15-11(14-12)8-2-1-4-18-8/h1-2,4H,3,5-6H2,(H,14,15,16). The van der Waals surface area contributed by atoms with Crippen LogP contribution in [0.25, 0.3) is 20.9 Å². The second-order valence-electron chi connectivity index (χ2n) is 4.38. The van der Waals surface area contributed by atoms with Gasteiger partial charge in [0.1, 0.15) is 4.83 Å². The Morgan fingerprint density at radius 3 is 3.16 bits per heavy atom. The largest absolute Gasteiger partial charge is 0.305 e. The summed E-state index contributed by atoms with van der Waals surface area (Å²) >= 11 is 5.21. The van der Waals surface area contributed by atoms with Gasteiger partial charge in [0.05, 0.1) is 10.3 Å². The first-order chi connectivity index (χ1) is 9.33. The van der Waals surface area contributed by atoms with Gasteiger partial charge in [0.15, 0.2) is 5.82 Å². The molecule has 0 saturated heterocycles. The van der Waals surface area contributed by atoms with Gasteiger partial charge in [-0.25, -0.2) is 4.98 Å². The van der Waals surface area contributed by atoms with Crippen molar-refractivity contribution >= 4 is 44.7 Å².